The van der Waals surface area contributed by atoms with Crippen molar-refractivity contribution < 1.29 is 14.3 Å². The van der Waals surface area contributed by atoms with Crippen molar-refractivity contribution in [2.24, 2.45) is 0 Å². The van der Waals surface area contributed by atoms with Crippen LogP contribution in [0.5, 0.6) is 0 Å². The van der Waals surface area contributed by atoms with Crippen LogP contribution in [0.25, 0.3) is 0 Å². The molecule has 2 aromatic rings. The van der Waals surface area contributed by atoms with Crippen LogP contribution in [0.1, 0.15) is 23.2 Å². The van der Waals surface area contributed by atoms with Crippen LogP contribution in [0, 0.1) is 0 Å². The number of hydrogen-bond donors (Lipinski definition) is 1. The molecular formula is C19H19BrN2O3. The highest BCUT2D eigenvalue weighted by Gasteiger charge is 2.13. The van der Waals surface area contributed by atoms with Crippen LogP contribution in [0.2, 0.25) is 0 Å². The maximum atomic E-state index is 11.9. The lowest BCUT2D eigenvalue weighted by atomic mass is 10.2. The first-order valence-electron chi connectivity index (χ1n) is 8.19. The van der Waals surface area contributed by atoms with Crippen molar-refractivity contribution in [3.05, 3.63) is 58.6 Å². The molecular weight excluding hydrogens is 384 g/mol. The number of carbonyl (C=O) groups excluding carboxylic acids is 2. The van der Waals surface area contributed by atoms with E-state index in [9.17, 15) is 9.59 Å². The van der Waals surface area contributed by atoms with Gasteiger partial charge in [-0.05, 0) is 61.4 Å². The number of carbonyl (C=O) groups is 2. The summed E-state index contributed by atoms with van der Waals surface area (Å²) in [6.07, 6.45) is 2.45. The summed E-state index contributed by atoms with van der Waals surface area (Å²) in [5.41, 5.74) is 2.26. The maximum absolute atomic E-state index is 11.9. The molecule has 0 spiro atoms. The van der Waals surface area contributed by atoms with Crippen molar-refractivity contribution in [3.63, 3.8) is 0 Å². The first kappa shape index (κ1) is 17.5. The van der Waals surface area contributed by atoms with Gasteiger partial charge in [-0.25, -0.2) is 4.79 Å². The minimum Gasteiger partial charge on any atom is -0.452 e. The van der Waals surface area contributed by atoms with Gasteiger partial charge in [-0.15, -0.1) is 0 Å². The average molecular weight is 403 g/mol. The third-order valence-electron chi connectivity index (χ3n) is 4.04. The number of nitrogens with zero attached hydrogens (tertiary/aromatic N) is 1. The van der Waals surface area contributed by atoms with Crippen LogP contribution in [-0.2, 0) is 9.53 Å². The van der Waals surface area contributed by atoms with E-state index in [1.165, 1.54) is 12.8 Å². The molecule has 5 nitrogen and oxygen atoms in total. The monoisotopic (exact) mass is 402 g/mol. The van der Waals surface area contributed by atoms with E-state index in [4.69, 9.17) is 4.74 Å². The summed E-state index contributed by atoms with van der Waals surface area (Å²) in [6.45, 7) is 1.85. The highest BCUT2D eigenvalue weighted by Crippen LogP contribution is 2.22. The molecule has 1 N–H and O–H groups in total. The minimum absolute atomic E-state index is 0.317. The van der Waals surface area contributed by atoms with Gasteiger partial charge in [0, 0.05) is 28.9 Å². The standard InChI is InChI=1S/C19H19BrN2O3/c20-15-5-3-14(4-6-15)19(24)25-13-18(23)21-16-7-9-17(10-8-16)22-11-1-2-12-22/h3-10H,1-2,11-13H2,(H,21,23). The van der Waals surface area contributed by atoms with Gasteiger partial charge >= 0.3 is 5.97 Å². The molecule has 130 valence electrons. The van der Waals surface area contributed by atoms with E-state index in [1.807, 2.05) is 24.3 Å². The van der Waals surface area contributed by atoms with E-state index in [2.05, 4.69) is 26.1 Å². The molecule has 1 aliphatic heterocycles. The second kappa shape index (κ2) is 8.16. The summed E-state index contributed by atoms with van der Waals surface area (Å²) < 4.78 is 5.91. The summed E-state index contributed by atoms with van der Waals surface area (Å²) >= 11 is 3.30. The Kier molecular flexibility index (Phi) is 5.71. The molecule has 3 rings (SSSR count). The zero-order valence-corrected chi connectivity index (χ0v) is 15.3. The van der Waals surface area contributed by atoms with Gasteiger partial charge < -0.3 is 15.0 Å². The fraction of sp³-hybridized carbons (Fsp3) is 0.263. The fourth-order valence-electron chi connectivity index (χ4n) is 2.73. The van der Waals surface area contributed by atoms with Crippen LogP contribution in [0.15, 0.2) is 53.0 Å². The smallest absolute Gasteiger partial charge is 0.338 e. The number of esters is 1. The average Bonchev–Trinajstić information content (AvgIpc) is 3.15. The molecule has 2 aromatic carbocycles. The van der Waals surface area contributed by atoms with E-state index in [-0.39, 0.29) is 12.5 Å². The number of benzene rings is 2. The van der Waals surface area contributed by atoms with E-state index >= 15 is 0 Å². The first-order valence-corrected chi connectivity index (χ1v) is 8.99. The topological polar surface area (TPSA) is 58.6 Å². The summed E-state index contributed by atoms with van der Waals surface area (Å²) in [5, 5.41) is 2.73. The Morgan fingerprint density at radius 1 is 1.00 bits per heavy atom. The van der Waals surface area contributed by atoms with E-state index in [0.717, 1.165) is 23.2 Å². The summed E-state index contributed by atoms with van der Waals surface area (Å²) in [6, 6.07) is 14.5. The predicted octanol–water partition coefficient (Wildman–Crippen LogP) is 3.84. The van der Waals surface area contributed by atoms with Crippen LogP contribution in [-0.4, -0.2) is 31.6 Å². The van der Waals surface area contributed by atoms with Gasteiger partial charge in [0.05, 0.1) is 5.56 Å². The molecule has 0 radical (unpaired) electrons. The zero-order valence-electron chi connectivity index (χ0n) is 13.7. The lowest BCUT2D eigenvalue weighted by molar-refractivity contribution is -0.119. The van der Waals surface area contributed by atoms with E-state index in [1.54, 1.807) is 24.3 Å². The quantitative estimate of drug-likeness (QED) is 0.771. The Bertz CT molecular complexity index is 738. The molecule has 0 saturated carbocycles. The Morgan fingerprint density at radius 3 is 2.28 bits per heavy atom. The van der Waals surface area contributed by atoms with Crippen molar-refractivity contribution in [1.29, 1.82) is 0 Å². The van der Waals surface area contributed by atoms with Gasteiger partial charge in [0.25, 0.3) is 5.91 Å². The number of ether oxygens (including phenoxy) is 1. The molecule has 1 amide bonds. The van der Waals surface area contributed by atoms with Crippen molar-refractivity contribution in [1.82, 2.24) is 0 Å². The molecule has 1 saturated heterocycles. The molecule has 0 bridgehead atoms. The van der Waals surface area contributed by atoms with Gasteiger partial charge in [-0.2, -0.15) is 0 Å². The van der Waals surface area contributed by atoms with Crippen molar-refractivity contribution in [3.8, 4) is 0 Å². The lowest BCUT2D eigenvalue weighted by Crippen LogP contribution is -2.21. The molecule has 25 heavy (non-hydrogen) atoms. The third kappa shape index (κ3) is 4.82. The normalized spacial score (nSPS) is 13.6. The third-order valence-corrected chi connectivity index (χ3v) is 4.57. The summed E-state index contributed by atoms with van der Waals surface area (Å²) in [7, 11) is 0. The van der Waals surface area contributed by atoms with Gasteiger partial charge in [-0.3, -0.25) is 4.79 Å². The van der Waals surface area contributed by atoms with Gasteiger partial charge in [0.15, 0.2) is 6.61 Å². The highest BCUT2D eigenvalue weighted by molar-refractivity contribution is 9.10. The van der Waals surface area contributed by atoms with Crippen LogP contribution >= 0.6 is 15.9 Å². The van der Waals surface area contributed by atoms with Crippen LogP contribution in [0.3, 0.4) is 0 Å². The van der Waals surface area contributed by atoms with Crippen molar-refractivity contribution >= 4 is 39.2 Å². The van der Waals surface area contributed by atoms with E-state index in [0.29, 0.717) is 11.3 Å². The van der Waals surface area contributed by atoms with Gasteiger partial charge in [0.1, 0.15) is 0 Å². The number of hydrogen-bond acceptors (Lipinski definition) is 4. The number of amides is 1. The van der Waals surface area contributed by atoms with Crippen molar-refractivity contribution in [2.45, 2.75) is 12.8 Å². The van der Waals surface area contributed by atoms with Crippen LogP contribution in [0.4, 0.5) is 11.4 Å². The fourth-order valence-corrected chi connectivity index (χ4v) is 2.99. The predicted molar refractivity (Wildman–Crippen MR) is 101 cm³/mol. The molecule has 0 aliphatic carbocycles. The summed E-state index contributed by atoms with van der Waals surface area (Å²) in [5.74, 6) is -0.883. The molecule has 1 aliphatic rings. The van der Waals surface area contributed by atoms with Gasteiger partial charge in [-0.1, -0.05) is 15.9 Å². The number of rotatable bonds is 5. The Balaban J connectivity index is 1.48. The molecule has 0 unspecified atom stereocenters. The Hall–Kier alpha value is -2.34. The lowest BCUT2D eigenvalue weighted by Gasteiger charge is -2.17. The highest BCUT2D eigenvalue weighted by atomic mass is 79.9. The number of anilines is 2. The second-order valence-electron chi connectivity index (χ2n) is 5.87. The summed E-state index contributed by atoms with van der Waals surface area (Å²) in [4.78, 5) is 26.1. The van der Waals surface area contributed by atoms with E-state index < -0.39 is 5.97 Å². The molecule has 6 heteroatoms. The maximum Gasteiger partial charge on any atom is 0.338 e. The minimum atomic E-state index is -0.521. The van der Waals surface area contributed by atoms with Crippen LogP contribution < -0.4 is 10.2 Å². The number of halogens is 1. The second-order valence-corrected chi connectivity index (χ2v) is 6.79. The molecule has 1 fully saturated rings. The first-order chi connectivity index (χ1) is 12.1. The Morgan fingerprint density at radius 2 is 1.64 bits per heavy atom. The molecule has 1 heterocycles. The zero-order chi connectivity index (χ0) is 17.6. The molecule has 0 aromatic heterocycles. The largest absolute Gasteiger partial charge is 0.452 e. The number of nitrogens with one attached hydrogen (secondary N) is 1. The Labute approximate surface area is 155 Å². The van der Waals surface area contributed by atoms with Crippen molar-refractivity contribution in [2.75, 3.05) is 29.9 Å². The van der Waals surface area contributed by atoms with Gasteiger partial charge in [0.2, 0.25) is 0 Å². The SMILES string of the molecule is O=C(COC(=O)c1ccc(Br)cc1)Nc1ccc(N2CCCC2)cc1. The molecule has 0 atom stereocenters.